The smallest absolute Gasteiger partial charge is 0.153 e. The topological polar surface area (TPSA) is 92.5 Å². The fourth-order valence-corrected chi connectivity index (χ4v) is 1.67. The van der Waals surface area contributed by atoms with Crippen LogP contribution in [0.15, 0.2) is 18.5 Å². The van der Waals surface area contributed by atoms with Crippen molar-refractivity contribution < 1.29 is 0 Å². The second-order valence-corrected chi connectivity index (χ2v) is 3.92. The number of hydrogen-bond acceptors (Lipinski definition) is 5. The van der Waals surface area contributed by atoms with Crippen molar-refractivity contribution in [2.24, 2.45) is 7.05 Å². The van der Waals surface area contributed by atoms with Crippen LogP contribution >= 0.6 is 0 Å². The fourth-order valence-electron chi connectivity index (χ4n) is 1.67. The minimum atomic E-state index is 0.444. The zero-order chi connectivity index (χ0) is 13.1. The maximum Gasteiger partial charge on any atom is 0.153 e. The van der Waals surface area contributed by atoms with Crippen LogP contribution in [0.2, 0.25) is 0 Å². The summed E-state index contributed by atoms with van der Waals surface area (Å²) in [6.45, 7) is 2.03. The minimum absolute atomic E-state index is 0.444. The predicted octanol–water partition coefficient (Wildman–Crippen LogP) is 1.57. The van der Waals surface area contributed by atoms with E-state index in [0.29, 0.717) is 17.1 Å². The van der Waals surface area contributed by atoms with E-state index in [1.807, 2.05) is 26.2 Å². The zero-order valence-corrected chi connectivity index (χ0v) is 10.3. The first kappa shape index (κ1) is 11.9. The van der Waals surface area contributed by atoms with E-state index in [0.717, 1.165) is 17.8 Å². The molecule has 2 aromatic rings. The lowest BCUT2D eigenvalue weighted by Crippen LogP contribution is -2.00. The maximum absolute atomic E-state index is 8.75. The van der Waals surface area contributed by atoms with Gasteiger partial charge in [0.05, 0.1) is 22.6 Å². The number of hydrogen-bond donors (Lipinski definition) is 2. The molecule has 0 aliphatic carbocycles. The van der Waals surface area contributed by atoms with Gasteiger partial charge in [-0.15, -0.1) is 0 Å². The van der Waals surface area contributed by atoms with Crippen LogP contribution in [0.3, 0.4) is 0 Å². The Bertz CT molecular complexity index is 608. The minimum Gasteiger partial charge on any atom is -0.396 e. The molecule has 3 N–H and O–H groups in total. The van der Waals surface area contributed by atoms with Crippen LogP contribution < -0.4 is 11.1 Å². The quantitative estimate of drug-likeness (QED) is 0.852. The number of pyridine rings is 1. The Morgan fingerprint density at radius 2 is 2.33 bits per heavy atom. The first-order valence-corrected chi connectivity index (χ1v) is 5.59. The van der Waals surface area contributed by atoms with Gasteiger partial charge in [-0.2, -0.15) is 10.4 Å². The van der Waals surface area contributed by atoms with E-state index in [4.69, 9.17) is 11.0 Å². The highest BCUT2D eigenvalue weighted by atomic mass is 15.3. The van der Waals surface area contributed by atoms with Crippen LogP contribution in [-0.2, 0) is 13.5 Å². The summed E-state index contributed by atoms with van der Waals surface area (Å²) in [4.78, 5) is 4.13. The number of aryl methyl sites for hydroxylation is 2. The lowest BCUT2D eigenvalue weighted by atomic mass is 10.2. The van der Waals surface area contributed by atoms with Crippen molar-refractivity contribution in [2.75, 3.05) is 11.1 Å². The molecule has 0 fully saturated rings. The molecular weight excluding hydrogens is 228 g/mol. The highest BCUT2D eigenvalue weighted by Crippen LogP contribution is 2.23. The molecule has 0 aromatic carbocycles. The number of anilines is 3. The van der Waals surface area contributed by atoms with Crippen LogP contribution in [0, 0.1) is 11.3 Å². The molecule has 2 rings (SSSR count). The SMILES string of the molecule is CCc1nn(C)cc1Nc1ncc(C#N)cc1N. The van der Waals surface area contributed by atoms with E-state index in [9.17, 15) is 0 Å². The van der Waals surface area contributed by atoms with Gasteiger partial charge in [-0.3, -0.25) is 4.68 Å². The van der Waals surface area contributed by atoms with Gasteiger partial charge in [-0.05, 0) is 12.5 Å². The third kappa shape index (κ3) is 2.25. The van der Waals surface area contributed by atoms with Gasteiger partial charge in [0.2, 0.25) is 0 Å². The molecule has 2 aromatic heterocycles. The molecule has 0 saturated heterocycles. The van der Waals surface area contributed by atoms with Gasteiger partial charge in [-0.25, -0.2) is 4.98 Å². The van der Waals surface area contributed by atoms with E-state index in [-0.39, 0.29) is 0 Å². The van der Waals surface area contributed by atoms with E-state index < -0.39 is 0 Å². The molecule has 0 amide bonds. The summed E-state index contributed by atoms with van der Waals surface area (Å²) >= 11 is 0. The fraction of sp³-hybridized carbons (Fsp3) is 0.250. The molecule has 6 nitrogen and oxygen atoms in total. The molecule has 18 heavy (non-hydrogen) atoms. The molecule has 0 radical (unpaired) electrons. The molecule has 0 aliphatic rings. The lowest BCUT2D eigenvalue weighted by molar-refractivity contribution is 0.746. The summed E-state index contributed by atoms with van der Waals surface area (Å²) in [5.41, 5.74) is 8.55. The third-order valence-corrected chi connectivity index (χ3v) is 2.54. The van der Waals surface area contributed by atoms with Gasteiger partial charge < -0.3 is 11.1 Å². The van der Waals surface area contributed by atoms with Crippen molar-refractivity contribution in [3.63, 3.8) is 0 Å². The molecular formula is C12H14N6. The molecule has 0 bridgehead atoms. The number of rotatable bonds is 3. The maximum atomic E-state index is 8.75. The van der Waals surface area contributed by atoms with E-state index in [2.05, 4.69) is 15.4 Å². The highest BCUT2D eigenvalue weighted by Gasteiger charge is 2.09. The first-order chi connectivity index (χ1) is 8.63. The van der Waals surface area contributed by atoms with Crippen molar-refractivity contribution >= 4 is 17.2 Å². The van der Waals surface area contributed by atoms with Gasteiger partial charge in [0.15, 0.2) is 5.82 Å². The summed E-state index contributed by atoms with van der Waals surface area (Å²) < 4.78 is 1.74. The van der Waals surface area contributed by atoms with Gasteiger partial charge in [0.1, 0.15) is 6.07 Å². The van der Waals surface area contributed by atoms with Crippen LogP contribution in [-0.4, -0.2) is 14.8 Å². The Hall–Kier alpha value is -2.55. The average molecular weight is 242 g/mol. The van der Waals surface area contributed by atoms with E-state index in [1.165, 1.54) is 6.20 Å². The molecule has 6 heteroatoms. The van der Waals surface area contributed by atoms with E-state index in [1.54, 1.807) is 10.7 Å². The standard InChI is InChI=1S/C12H14N6/c1-3-10-11(7-18(2)17-10)16-12-9(14)4-8(5-13)6-15-12/h4,6-7H,3,14H2,1-2H3,(H,15,16). The number of nitrogens with zero attached hydrogens (tertiary/aromatic N) is 4. The molecule has 0 saturated carbocycles. The molecule has 0 aliphatic heterocycles. The van der Waals surface area contributed by atoms with Crippen molar-refractivity contribution in [3.05, 3.63) is 29.7 Å². The summed E-state index contributed by atoms with van der Waals surface area (Å²) in [6.07, 6.45) is 4.18. The Kier molecular flexibility index (Phi) is 3.15. The monoisotopic (exact) mass is 242 g/mol. The van der Waals surface area contributed by atoms with Crippen molar-refractivity contribution in [3.8, 4) is 6.07 Å². The zero-order valence-electron chi connectivity index (χ0n) is 10.3. The first-order valence-electron chi connectivity index (χ1n) is 5.59. The molecule has 0 unspecified atom stereocenters. The third-order valence-electron chi connectivity index (χ3n) is 2.54. The highest BCUT2D eigenvalue weighted by molar-refractivity contribution is 5.70. The normalized spacial score (nSPS) is 10.1. The second kappa shape index (κ2) is 4.75. The Morgan fingerprint density at radius 3 is 2.94 bits per heavy atom. The molecule has 92 valence electrons. The number of nitriles is 1. The predicted molar refractivity (Wildman–Crippen MR) is 69.2 cm³/mol. The van der Waals surface area contributed by atoms with Gasteiger partial charge in [-0.1, -0.05) is 6.92 Å². The van der Waals surface area contributed by atoms with Crippen molar-refractivity contribution in [2.45, 2.75) is 13.3 Å². The number of nitrogens with one attached hydrogen (secondary N) is 1. The molecule has 0 spiro atoms. The van der Waals surface area contributed by atoms with Crippen LogP contribution in [0.25, 0.3) is 0 Å². The lowest BCUT2D eigenvalue weighted by Gasteiger charge is -2.07. The summed E-state index contributed by atoms with van der Waals surface area (Å²) in [7, 11) is 1.86. The van der Waals surface area contributed by atoms with Crippen LogP contribution in [0.5, 0.6) is 0 Å². The summed E-state index contributed by atoms with van der Waals surface area (Å²) in [5, 5.41) is 16.2. The molecule has 2 heterocycles. The van der Waals surface area contributed by atoms with Gasteiger partial charge in [0, 0.05) is 19.4 Å². The Labute approximate surface area is 105 Å². The Morgan fingerprint density at radius 1 is 1.56 bits per heavy atom. The number of nitrogen functional groups attached to an aromatic ring is 1. The number of aromatic nitrogens is 3. The molecule has 0 atom stereocenters. The van der Waals surface area contributed by atoms with Gasteiger partial charge >= 0.3 is 0 Å². The summed E-state index contributed by atoms with van der Waals surface area (Å²) in [6, 6.07) is 3.59. The largest absolute Gasteiger partial charge is 0.396 e. The number of nitrogens with two attached hydrogens (primary N) is 1. The van der Waals surface area contributed by atoms with Crippen molar-refractivity contribution in [1.29, 1.82) is 5.26 Å². The van der Waals surface area contributed by atoms with Crippen molar-refractivity contribution in [1.82, 2.24) is 14.8 Å². The van der Waals surface area contributed by atoms with Crippen LogP contribution in [0.4, 0.5) is 17.2 Å². The average Bonchev–Trinajstić information content (AvgIpc) is 2.72. The Balaban J connectivity index is 2.31. The summed E-state index contributed by atoms with van der Waals surface area (Å²) in [5.74, 6) is 0.539. The van der Waals surface area contributed by atoms with E-state index >= 15 is 0 Å². The second-order valence-electron chi connectivity index (χ2n) is 3.92. The van der Waals surface area contributed by atoms with Crippen LogP contribution in [0.1, 0.15) is 18.2 Å². The van der Waals surface area contributed by atoms with Gasteiger partial charge in [0.25, 0.3) is 0 Å².